The van der Waals surface area contributed by atoms with Gasteiger partial charge in [-0.15, -0.1) is 0 Å². The maximum Gasteiger partial charge on any atom is 0.164 e. The normalized spacial score (nSPS) is 11.3. The van der Waals surface area contributed by atoms with Gasteiger partial charge in [-0.1, -0.05) is 133 Å². The van der Waals surface area contributed by atoms with Crippen LogP contribution >= 0.6 is 0 Å². The molecular weight excluding hydrogens is 524 g/mol. The third kappa shape index (κ3) is 4.46. The van der Waals surface area contributed by atoms with Crippen molar-refractivity contribution in [2.24, 2.45) is 0 Å². The SMILES string of the molecule is c1ccc(-c2nc(-c3ccccc3)nc(-c3ccccc3-c3ccc(-n4c5ccccc5c5ccccc54)cc3)n2)cc1. The van der Waals surface area contributed by atoms with Crippen LogP contribution in [0.2, 0.25) is 0 Å². The predicted molar refractivity (Wildman–Crippen MR) is 176 cm³/mol. The zero-order chi connectivity index (χ0) is 28.6. The van der Waals surface area contributed by atoms with Gasteiger partial charge in [-0.3, -0.25) is 0 Å². The molecule has 0 atom stereocenters. The van der Waals surface area contributed by atoms with Crippen molar-refractivity contribution in [3.63, 3.8) is 0 Å². The van der Waals surface area contributed by atoms with Crippen molar-refractivity contribution in [3.8, 4) is 51.0 Å². The Kier molecular flexibility index (Phi) is 6.08. The van der Waals surface area contributed by atoms with Gasteiger partial charge in [0.05, 0.1) is 11.0 Å². The van der Waals surface area contributed by atoms with Crippen LogP contribution in [0.4, 0.5) is 0 Å². The van der Waals surface area contributed by atoms with E-state index in [0.717, 1.165) is 33.5 Å². The lowest BCUT2D eigenvalue weighted by atomic mass is 9.98. The molecule has 0 N–H and O–H groups in total. The Morgan fingerprint density at radius 2 is 0.767 bits per heavy atom. The van der Waals surface area contributed by atoms with Crippen molar-refractivity contribution in [3.05, 3.63) is 158 Å². The monoisotopic (exact) mass is 550 g/mol. The van der Waals surface area contributed by atoms with E-state index >= 15 is 0 Å². The van der Waals surface area contributed by atoms with Crippen molar-refractivity contribution < 1.29 is 0 Å². The summed E-state index contributed by atoms with van der Waals surface area (Å²) < 4.78 is 2.34. The molecule has 0 spiro atoms. The highest BCUT2D eigenvalue weighted by atomic mass is 15.0. The molecule has 0 fully saturated rings. The fourth-order valence-corrected chi connectivity index (χ4v) is 5.85. The molecule has 0 radical (unpaired) electrons. The highest BCUT2D eigenvalue weighted by Crippen LogP contribution is 2.35. The number of fused-ring (bicyclic) bond motifs is 3. The summed E-state index contributed by atoms with van der Waals surface area (Å²) in [6.45, 7) is 0. The largest absolute Gasteiger partial charge is 0.309 e. The summed E-state index contributed by atoms with van der Waals surface area (Å²) in [5.74, 6) is 1.96. The summed E-state index contributed by atoms with van der Waals surface area (Å²) in [5, 5.41) is 2.51. The summed E-state index contributed by atoms with van der Waals surface area (Å²) in [7, 11) is 0. The highest BCUT2D eigenvalue weighted by Gasteiger charge is 2.16. The summed E-state index contributed by atoms with van der Waals surface area (Å²) in [4.78, 5) is 14.8. The Morgan fingerprint density at radius 1 is 0.326 bits per heavy atom. The second-order valence-electron chi connectivity index (χ2n) is 10.5. The van der Waals surface area contributed by atoms with E-state index in [9.17, 15) is 0 Å². The molecule has 8 rings (SSSR count). The molecule has 2 aromatic heterocycles. The molecule has 43 heavy (non-hydrogen) atoms. The van der Waals surface area contributed by atoms with E-state index in [1.165, 1.54) is 21.8 Å². The Bertz CT molecular complexity index is 2110. The van der Waals surface area contributed by atoms with Crippen LogP contribution in [0, 0.1) is 0 Å². The smallest absolute Gasteiger partial charge is 0.164 e. The maximum absolute atomic E-state index is 4.99. The van der Waals surface area contributed by atoms with Gasteiger partial charge in [-0.25, -0.2) is 15.0 Å². The minimum absolute atomic E-state index is 0.648. The molecule has 0 amide bonds. The Labute approximate surface area is 249 Å². The van der Waals surface area contributed by atoms with Crippen LogP contribution in [0.15, 0.2) is 158 Å². The number of para-hydroxylation sites is 2. The summed E-state index contributed by atoms with van der Waals surface area (Å²) in [6.07, 6.45) is 0. The van der Waals surface area contributed by atoms with Gasteiger partial charge in [0.15, 0.2) is 17.5 Å². The molecular formula is C39H26N4. The summed E-state index contributed by atoms with van der Waals surface area (Å²) >= 11 is 0. The first-order valence-corrected chi connectivity index (χ1v) is 14.4. The molecule has 6 aromatic carbocycles. The highest BCUT2D eigenvalue weighted by molar-refractivity contribution is 6.09. The van der Waals surface area contributed by atoms with Gasteiger partial charge in [-0.2, -0.15) is 0 Å². The Hall–Kier alpha value is -5.87. The first kappa shape index (κ1) is 24.9. The second kappa shape index (κ2) is 10.5. The Balaban J connectivity index is 1.26. The summed E-state index contributed by atoms with van der Waals surface area (Å²) in [6, 6.07) is 54.5. The van der Waals surface area contributed by atoms with Crippen LogP contribution in [-0.2, 0) is 0 Å². The molecule has 0 bridgehead atoms. The first-order valence-electron chi connectivity index (χ1n) is 14.4. The molecule has 2 heterocycles. The van der Waals surface area contributed by atoms with Gasteiger partial charge in [0, 0.05) is 33.2 Å². The van der Waals surface area contributed by atoms with Gasteiger partial charge in [0.25, 0.3) is 0 Å². The van der Waals surface area contributed by atoms with E-state index in [1.54, 1.807) is 0 Å². The van der Waals surface area contributed by atoms with Crippen LogP contribution in [0.25, 0.3) is 72.8 Å². The quantitative estimate of drug-likeness (QED) is 0.214. The van der Waals surface area contributed by atoms with Crippen LogP contribution in [0.5, 0.6) is 0 Å². The number of rotatable bonds is 5. The topological polar surface area (TPSA) is 43.6 Å². The lowest BCUT2D eigenvalue weighted by molar-refractivity contribution is 1.07. The molecule has 0 unspecified atom stereocenters. The molecule has 202 valence electrons. The van der Waals surface area contributed by atoms with Gasteiger partial charge in [-0.05, 0) is 35.4 Å². The molecule has 0 saturated carbocycles. The number of benzene rings is 6. The van der Waals surface area contributed by atoms with E-state index < -0.39 is 0 Å². The minimum Gasteiger partial charge on any atom is -0.309 e. The average Bonchev–Trinajstić information content (AvgIpc) is 3.43. The van der Waals surface area contributed by atoms with Crippen molar-refractivity contribution in [2.45, 2.75) is 0 Å². The standard InChI is InChI=1S/C39H26N4/c1-3-13-28(14-4-1)37-40-38(29-15-5-2-6-16-29)42-39(41-37)34-20-8-7-17-31(34)27-23-25-30(26-24-27)43-35-21-11-9-18-32(35)33-19-10-12-22-36(33)43/h1-26H. The molecule has 4 nitrogen and oxygen atoms in total. The fourth-order valence-electron chi connectivity index (χ4n) is 5.85. The number of aromatic nitrogens is 4. The minimum atomic E-state index is 0.648. The summed E-state index contributed by atoms with van der Waals surface area (Å²) in [5.41, 5.74) is 8.56. The van der Waals surface area contributed by atoms with Crippen LogP contribution in [0.1, 0.15) is 0 Å². The fraction of sp³-hybridized carbons (Fsp3) is 0. The van der Waals surface area contributed by atoms with E-state index in [4.69, 9.17) is 15.0 Å². The Morgan fingerprint density at radius 3 is 1.33 bits per heavy atom. The zero-order valence-electron chi connectivity index (χ0n) is 23.3. The van der Waals surface area contributed by atoms with E-state index in [-0.39, 0.29) is 0 Å². The first-order chi connectivity index (χ1) is 21.3. The second-order valence-corrected chi connectivity index (χ2v) is 10.5. The predicted octanol–water partition coefficient (Wildman–Crippen LogP) is 9.64. The van der Waals surface area contributed by atoms with Gasteiger partial charge in [0.2, 0.25) is 0 Å². The van der Waals surface area contributed by atoms with Gasteiger partial charge < -0.3 is 4.57 Å². The van der Waals surface area contributed by atoms with Gasteiger partial charge >= 0.3 is 0 Å². The third-order valence-corrected chi connectivity index (χ3v) is 7.88. The van der Waals surface area contributed by atoms with Crippen LogP contribution in [-0.4, -0.2) is 19.5 Å². The van der Waals surface area contributed by atoms with E-state index in [0.29, 0.717) is 17.5 Å². The molecule has 0 saturated heterocycles. The number of hydrogen-bond donors (Lipinski definition) is 0. The van der Waals surface area contributed by atoms with Crippen LogP contribution < -0.4 is 0 Å². The zero-order valence-corrected chi connectivity index (χ0v) is 23.3. The maximum atomic E-state index is 4.99. The molecule has 0 aliphatic heterocycles. The lowest BCUT2D eigenvalue weighted by Gasteiger charge is -2.13. The van der Waals surface area contributed by atoms with E-state index in [2.05, 4.69) is 95.6 Å². The third-order valence-electron chi connectivity index (χ3n) is 7.88. The molecule has 0 aliphatic carbocycles. The van der Waals surface area contributed by atoms with Crippen molar-refractivity contribution in [1.29, 1.82) is 0 Å². The lowest BCUT2D eigenvalue weighted by Crippen LogP contribution is -2.01. The number of hydrogen-bond acceptors (Lipinski definition) is 3. The van der Waals surface area contributed by atoms with Crippen molar-refractivity contribution in [2.75, 3.05) is 0 Å². The molecule has 0 aliphatic rings. The van der Waals surface area contributed by atoms with Crippen LogP contribution in [0.3, 0.4) is 0 Å². The van der Waals surface area contributed by atoms with Gasteiger partial charge in [0.1, 0.15) is 0 Å². The molecule has 8 aromatic rings. The van der Waals surface area contributed by atoms with Crippen molar-refractivity contribution >= 4 is 21.8 Å². The molecule has 4 heteroatoms. The average molecular weight is 551 g/mol. The van der Waals surface area contributed by atoms with Crippen molar-refractivity contribution in [1.82, 2.24) is 19.5 Å². The number of nitrogens with zero attached hydrogens (tertiary/aromatic N) is 4. The van der Waals surface area contributed by atoms with E-state index in [1.807, 2.05) is 66.7 Å².